The molecular weight excluding hydrogens is 417 g/mol. The summed E-state index contributed by atoms with van der Waals surface area (Å²) in [6.07, 6.45) is 2.48. The molecule has 1 saturated heterocycles. The second kappa shape index (κ2) is 8.68. The summed E-state index contributed by atoms with van der Waals surface area (Å²) in [6.45, 7) is 1.42. The maximum atomic E-state index is 12.9. The fraction of sp³-hybridized carbons (Fsp3) is 0.474. The molecule has 160 valence electrons. The van der Waals surface area contributed by atoms with Crippen LogP contribution in [0.2, 0.25) is 0 Å². The average molecular weight is 438 g/mol. The Labute approximate surface area is 175 Å². The second-order valence-corrected chi connectivity index (χ2v) is 8.10. The Kier molecular flexibility index (Phi) is 6.00. The molecule has 0 bridgehead atoms. The number of aliphatic hydroxyl groups excluding tert-OH is 1. The predicted molar refractivity (Wildman–Crippen MR) is 108 cm³/mol. The molecule has 4 heterocycles. The topological polar surface area (TPSA) is 87.1 Å². The zero-order valence-electron chi connectivity index (χ0n) is 16.1. The number of anilines is 2. The monoisotopic (exact) mass is 438 g/mol. The first kappa shape index (κ1) is 20.7. The zero-order chi connectivity index (χ0) is 21.1. The Balaban J connectivity index is 1.46. The summed E-state index contributed by atoms with van der Waals surface area (Å²) in [5.74, 6) is 1.13. The summed E-state index contributed by atoms with van der Waals surface area (Å²) in [5, 5.41) is 11.4. The number of alkyl halides is 3. The maximum absolute atomic E-state index is 12.9. The number of nitrogens with one attached hydrogen (secondary N) is 1. The van der Waals surface area contributed by atoms with Crippen LogP contribution < -0.4 is 10.2 Å². The number of hydrogen-bond acceptors (Lipinski definition) is 8. The van der Waals surface area contributed by atoms with Gasteiger partial charge in [0.05, 0.1) is 0 Å². The van der Waals surface area contributed by atoms with E-state index in [1.165, 1.54) is 6.33 Å². The Morgan fingerprint density at radius 1 is 1.20 bits per heavy atom. The minimum Gasteiger partial charge on any atom is -0.396 e. The van der Waals surface area contributed by atoms with Crippen molar-refractivity contribution in [3.63, 3.8) is 0 Å². The van der Waals surface area contributed by atoms with Gasteiger partial charge in [-0.1, -0.05) is 17.4 Å². The Hall–Kier alpha value is -2.53. The van der Waals surface area contributed by atoms with Gasteiger partial charge in [-0.25, -0.2) is 19.9 Å². The first-order valence-electron chi connectivity index (χ1n) is 9.71. The average Bonchev–Trinajstić information content (AvgIpc) is 3.19. The van der Waals surface area contributed by atoms with E-state index in [1.807, 2.05) is 12.1 Å². The first-order valence-corrected chi connectivity index (χ1v) is 10.5. The number of halogens is 3. The van der Waals surface area contributed by atoms with Crippen LogP contribution in [0.4, 0.5) is 24.8 Å². The van der Waals surface area contributed by atoms with Gasteiger partial charge in [-0.3, -0.25) is 0 Å². The number of pyridine rings is 1. The van der Waals surface area contributed by atoms with Gasteiger partial charge in [0.25, 0.3) is 0 Å². The van der Waals surface area contributed by atoms with E-state index >= 15 is 0 Å². The van der Waals surface area contributed by atoms with Crippen LogP contribution in [-0.4, -0.2) is 44.2 Å². The lowest BCUT2D eigenvalue weighted by Gasteiger charge is -2.36. The number of aromatic nitrogens is 4. The molecular formula is C19H21F3N6OS. The van der Waals surface area contributed by atoms with Crippen molar-refractivity contribution in [2.24, 2.45) is 0 Å². The Morgan fingerprint density at radius 2 is 2.07 bits per heavy atom. The van der Waals surface area contributed by atoms with Gasteiger partial charge in [0.15, 0.2) is 5.82 Å². The van der Waals surface area contributed by atoms with Crippen molar-refractivity contribution in [2.45, 2.75) is 44.4 Å². The highest BCUT2D eigenvalue weighted by Gasteiger charge is 2.35. The van der Waals surface area contributed by atoms with Crippen LogP contribution in [0, 0.1) is 0 Å². The van der Waals surface area contributed by atoms with Crippen molar-refractivity contribution in [1.29, 1.82) is 0 Å². The summed E-state index contributed by atoms with van der Waals surface area (Å²) in [5.41, 5.74) is 0.979. The quantitative estimate of drug-likeness (QED) is 0.604. The molecule has 0 saturated carbocycles. The van der Waals surface area contributed by atoms with Crippen LogP contribution >= 0.6 is 11.3 Å². The second-order valence-electron chi connectivity index (χ2n) is 7.13. The fourth-order valence-electron chi connectivity index (χ4n) is 3.63. The molecule has 30 heavy (non-hydrogen) atoms. The molecule has 11 heteroatoms. The highest BCUT2D eigenvalue weighted by atomic mass is 32.1. The molecule has 1 fully saturated rings. The van der Waals surface area contributed by atoms with E-state index in [2.05, 4.69) is 30.2 Å². The molecule has 0 aromatic carbocycles. The van der Waals surface area contributed by atoms with Crippen molar-refractivity contribution in [2.75, 3.05) is 23.4 Å². The van der Waals surface area contributed by atoms with Crippen LogP contribution in [-0.2, 0) is 12.7 Å². The summed E-state index contributed by atoms with van der Waals surface area (Å²) in [6, 6.07) is 4.16. The largest absolute Gasteiger partial charge is 0.443 e. The number of nitrogens with zero attached hydrogens (tertiary/aromatic N) is 5. The van der Waals surface area contributed by atoms with Gasteiger partial charge < -0.3 is 15.3 Å². The van der Waals surface area contributed by atoms with Gasteiger partial charge in [0, 0.05) is 31.9 Å². The van der Waals surface area contributed by atoms with Gasteiger partial charge in [-0.05, 0) is 37.3 Å². The molecule has 1 unspecified atom stereocenters. The molecule has 4 rings (SSSR count). The van der Waals surface area contributed by atoms with Crippen molar-refractivity contribution in [3.8, 4) is 0 Å². The predicted octanol–water partition coefficient (Wildman–Crippen LogP) is 3.85. The normalized spacial score (nSPS) is 17.5. The van der Waals surface area contributed by atoms with E-state index in [4.69, 9.17) is 0 Å². The standard InChI is InChI=1S/C19H21F3N6OS/c20-19(21,22)18-27-15-16(25-11-26-17(15)30-18)24-10-12-4-5-14(23-9-12)28-7-2-1-3-13(28)6-8-29/h4-5,9,11,13,29H,1-3,6-8,10H2,(H,24,25,26). The van der Waals surface area contributed by atoms with Crippen molar-refractivity contribution in [3.05, 3.63) is 35.2 Å². The lowest BCUT2D eigenvalue weighted by Crippen LogP contribution is -2.40. The summed E-state index contributed by atoms with van der Waals surface area (Å²) < 4.78 is 38.8. The zero-order valence-corrected chi connectivity index (χ0v) is 16.9. The molecule has 1 aliphatic heterocycles. The third-order valence-corrected chi connectivity index (χ3v) is 6.10. The fourth-order valence-corrected chi connectivity index (χ4v) is 4.41. The molecule has 2 N–H and O–H groups in total. The van der Waals surface area contributed by atoms with Crippen LogP contribution in [0.15, 0.2) is 24.7 Å². The molecule has 0 amide bonds. The maximum Gasteiger partial charge on any atom is 0.443 e. The summed E-state index contributed by atoms with van der Waals surface area (Å²) in [4.78, 5) is 18.6. The first-order chi connectivity index (χ1) is 14.5. The van der Waals surface area contributed by atoms with E-state index in [1.54, 1.807) is 6.20 Å². The summed E-state index contributed by atoms with van der Waals surface area (Å²) in [7, 11) is 0. The minimum absolute atomic E-state index is 0.111. The van der Waals surface area contributed by atoms with Gasteiger partial charge in [0.1, 0.15) is 22.5 Å². The number of thiazole rings is 1. The number of aliphatic hydroxyl groups is 1. The van der Waals surface area contributed by atoms with Crippen LogP contribution in [0.5, 0.6) is 0 Å². The van der Waals surface area contributed by atoms with E-state index in [9.17, 15) is 18.3 Å². The van der Waals surface area contributed by atoms with Crippen LogP contribution in [0.25, 0.3) is 10.3 Å². The van der Waals surface area contributed by atoms with Gasteiger partial charge in [-0.2, -0.15) is 13.2 Å². The van der Waals surface area contributed by atoms with Crippen molar-refractivity contribution < 1.29 is 18.3 Å². The Morgan fingerprint density at radius 3 is 2.80 bits per heavy atom. The van der Waals surface area contributed by atoms with Gasteiger partial charge in [0.2, 0.25) is 5.01 Å². The summed E-state index contributed by atoms with van der Waals surface area (Å²) >= 11 is 0.499. The van der Waals surface area contributed by atoms with E-state index in [0.29, 0.717) is 23.9 Å². The highest BCUT2D eigenvalue weighted by molar-refractivity contribution is 7.18. The van der Waals surface area contributed by atoms with E-state index in [-0.39, 0.29) is 22.8 Å². The van der Waals surface area contributed by atoms with Gasteiger partial charge in [-0.15, -0.1) is 0 Å². The molecule has 0 aliphatic carbocycles. The van der Waals surface area contributed by atoms with Crippen molar-refractivity contribution in [1.82, 2.24) is 19.9 Å². The molecule has 7 nitrogen and oxygen atoms in total. The molecule has 0 spiro atoms. The number of rotatable bonds is 6. The molecule has 1 aliphatic rings. The molecule has 1 atom stereocenters. The van der Waals surface area contributed by atoms with Gasteiger partial charge >= 0.3 is 6.18 Å². The van der Waals surface area contributed by atoms with E-state index < -0.39 is 11.2 Å². The molecule has 3 aromatic rings. The third kappa shape index (κ3) is 4.46. The number of piperidine rings is 1. The molecule has 0 radical (unpaired) electrons. The highest BCUT2D eigenvalue weighted by Crippen LogP contribution is 2.36. The third-order valence-electron chi connectivity index (χ3n) is 5.09. The smallest absolute Gasteiger partial charge is 0.396 e. The molecule has 3 aromatic heterocycles. The van der Waals surface area contributed by atoms with Crippen molar-refractivity contribution >= 4 is 33.3 Å². The lowest BCUT2D eigenvalue weighted by atomic mass is 9.99. The van der Waals surface area contributed by atoms with Crippen LogP contribution in [0.1, 0.15) is 36.3 Å². The number of hydrogen-bond donors (Lipinski definition) is 2. The minimum atomic E-state index is -4.51. The Bertz CT molecular complexity index is 992. The SMILES string of the molecule is OCCC1CCCCN1c1ccc(CNc2ncnc3sc(C(F)(F)F)nc23)cn1. The number of fused-ring (bicyclic) bond motifs is 1. The lowest BCUT2D eigenvalue weighted by molar-refractivity contribution is -0.137. The van der Waals surface area contributed by atoms with E-state index in [0.717, 1.165) is 43.6 Å². The van der Waals surface area contributed by atoms with Crippen LogP contribution in [0.3, 0.4) is 0 Å².